The van der Waals surface area contributed by atoms with Crippen LogP contribution in [0.5, 0.6) is 0 Å². The molecule has 2 heterocycles. The fourth-order valence-electron chi connectivity index (χ4n) is 2.43. The highest BCUT2D eigenvalue weighted by molar-refractivity contribution is 5.36. The average Bonchev–Trinajstić information content (AvgIpc) is 2.41. The second-order valence-corrected chi connectivity index (χ2v) is 4.81. The predicted molar refractivity (Wildman–Crippen MR) is 71.6 cm³/mol. The van der Waals surface area contributed by atoms with Crippen molar-refractivity contribution >= 4 is 5.82 Å². The van der Waals surface area contributed by atoms with Crippen LogP contribution in [0.4, 0.5) is 5.82 Å². The van der Waals surface area contributed by atoms with E-state index in [2.05, 4.69) is 20.2 Å². The van der Waals surface area contributed by atoms with Gasteiger partial charge >= 0.3 is 0 Å². The Hall–Kier alpha value is -1.20. The fourth-order valence-corrected chi connectivity index (χ4v) is 2.43. The number of nitrogens with one attached hydrogen (secondary N) is 1. The van der Waals surface area contributed by atoms with E-state index >= 15 is 0 Å². The summed E-state index contributed by atoms with van der Waals surface area (Å²) in [6, 6.07) is 0. The third-order valence-corrected chi connectivity index (χ3v) is 3.29. The lowest BCUT2D eigenvalue weighted by Crippen LogP contribution is -2.37. The fraction of sp³-hybridized carbons (Fsp3) is 0.692. The molecule has 0 amide bonds. The summed E-state index contributed by atoms with van der Waals surface area (Å²) in [5.41, 5.74) is 0.978. The first-order valence-electron chi connectivity index (χ1n) is 6.53. The van der Waals surface area contributed by atoms with Gasteiger partial charge in [0.05, 0.1) is 24.7 Å². The van der Waals surface area contributed by atoms with Crippen molar-refractivity contribution < 1.29 is 4.74 Å². The van der Waals surface area contributed by atoms with Gasteiger partial charge in [-0.2, -0.15) is 0 Å². The van der Waals surface area contributed by atoms with Gasteiger partial charge in [-0.1, -0.05) is 0 Å². The summed E-state index contributed by atoms with van der Waals surface area (Å²) in [4.78, 5) is 11.2. The largest absolute Gasteiger partial charge is 0.384 e. The van der Waals surface area contributed by atoms with Gasteiger partial charge in [-0.05, 0) is 25.8 Å². The topological polar surface area (TPSA) is 50.3 Å². The van der Waals surface area contributed by atoms with E-state index in [-0.39, 0.29) is 0 Å². The van der Waals surface area contributed by atoms with E-state index in [0.29, 0.717) is 5.92 Å². The van der Waals surface area contributed by atoms with Gasteiger partial charge in [0.2, 0.25) is 0 Å². The van der Waals surface area contributed by atoms with Gasteiger partial charge in [0, 0.05) is 26.7 Å². The van der Waals surface area contributed by atoms with Crippen LogP contribution in [-0.4, -0.2) is 43.8 Å². The van der Waals surface area contributed by atoms with Crippen LogP contribution >= 0.6 is 0 Å². The highest BCUT2D eigenvalue weighted by Crippen LogP contribution is 2.21. The Balaban J connectivity index is 1.97. The summed E-state index contributed by atoms with van der Waals surface area (Å²) in [6.07, 6.45) is 6.18. The molecule has 100 valence electrons. The number of aromatic nitrogens is 2. The van der Waals surface area contributed by atoms with E-state index < -0.39 is 0 Å². The first-order chi connectivity index (χ1) is 8.83. The second-order valence-electron chi connectivity index (χ2n) is 4.81. The van der Waals surface area contributed by atoms with E-state index in [1.165, 1.54) is 12.8 Å². The molecule has 5 heteroatoms. The Labute approximate surface area is 109 Å². The lowest BCUT2D eigenvalue weighted by atomic mass is 9.99. The molecule has 1 aromatic heterocycles. The summed E-state index contributed by atoms with van der Waals surface area (Å²) >= 11 is 0. The number of hydrogen-bond acceptors (Lipinski definition) is 5. The van der Waals surface area contributed by atoms with Crippen LogP contribution in [0.3, 0.4) is 0 Å². The van der Waals surface area contributed by atoms with Gasteiger partial charge in [0.25, 0.3) is 0 Å². The van der Waals surface area contributed by atoms with Crippen LogP contribution in [0.2, 0.25) is 0 Å². The van der Waals surface area contributed by atoms with Crippen LogP contribution in [-0.2, 0) is 11.3 Å². The van der Waals surface area contributed by atoms with E-state index in [9.17, 15) is 0 Å². The SMILES string of the molecule is CNCc1cnc(N2CCCC(COC)C2)cn1. The summed E-state index contributed by atoms with van der Waals surface area (Å²) in [5, 5.41) is 3.07. The Kier molecular flexibility index (Phi) is 4.90. The number of rotatable bonds is 5. The molecule has 1 aliphatic rings. The highest BCUT2D eigenvalue weighted by atomic mass is 16.5. The molecule has 0 radical (unpaired) electrons. The van der Waals surface area contributed by atoms with Gasteiger partial charge in [0.15, 0.2) is 0 Å². The zero-order valence-corrected chi connectivity index (χ0v) is 11.2. The monoisotopic (exact) mass is 250 g/mol. The maximum atomic E-state index is 5.25. The van der Waals surface area contributed by atoms with Crippen molar-refractivity contribution in [1.29, 1.82) is 0 Å². The zero-order chi connectivity index (χ0) is 12.8. The number of nitrogens with zero attached hydrogens (tertiary/aromatic N) is 3. The molecule has 1 saturated heterocycles. The lowest BCUT2D eigenvalue weighted by Gasteiger charge is -2.33. The van der Waals surface area contributed by atoms with Crippen molar-refractivity contribution in [3.8, 4) is 0 Å². The molecular formula is C13H22N4O. The second kappa shape index (κ2) is 6.66. The molecular weight excluding hydrogens is 228 g/mol. The molecule has 5 nitrogen and oxygen atoms in total. The maximum absolute atomic E-state index is 5.25. The van der Waals surface area contributed by atoms with Crippen LogP contribution in [0.1, 0.15) is 18.5 Å². The molecule has 1 N–H and O–H groups in total. The third kappa shape index (κ3) is 3.40. The van der Waals surface area contributed by atoms with E-state index in [4.69, 9.17) is 4.74 Å². The molecule has 0 aromatic carbocycles. The predicted octanol–water partition coefficient (Wildman–Crippen LogP) is 1.06. The van der Waals surface area contributed by atoms with Crippen molar-refractivity contribution in [2.75, 3.05) is 38.8 Å². The van der Waals surface area contributed by atoms with Gasteiger partial charge in [0.1, 0.15) is 5.82 Å². The van der Waals surface area contributed by atoms with E-state index in [1.54, 1.807) is 7.11 Å². The molecule has 1 unspecified atom stereocenters. The first kappa shape index (κ1) is 13.2. The van der Waals surface area contributed by atoms with Crippen molar-refractivity contribution in [2.24, 2.45) is 5.92 Å². The molecule has 0 aliphatic carbocycles. The van der Waals surface area contributed by atoms with Crippen LogP contribution < -0.4 is 10.2 Å². The number of methoxy groups -OCH3 is 1. The Morgan fingerprint density at radius 1 is 1.44 bits per heavy atom. The van der Waals surface area contributed by atoms with Crippen molar-refractivity contribution in [3.05, 3.63) is 18.1 Å². The summed E-state index contributed by atoms with van der Waals surface area (Å²) in [5.74, 6) is 1.60. The number of hydrogen-bond donors (Lipinski definition) is 1. The quantitative estimate of drug-likeness (QED) is 0.847. The third-order valence-electron chi connectivity index (χ3n) is 3.29. The van der Waals surface area contributed by atoms with Crippen molar-refractivity contribution in [3.63, 3.8) is 0 Å². The minimum atomic E-state index is 0.613. The number of anilines is 1. The normalized spacial score (nSPS) is 20.1. The average molecular weight is 250 g/mol. The molecule has 1 fully saturated rings. The molecule has 0 bridgehead atoms. The molecule has 1 aliphatic heterocycles. The smallest absolute Gasteiger partial charge is 0.147 e. The Bertz CT molecular complexity index is 353. The lowest BCUT2D eigenvalue weighted by molar-refractivity contribution is 0.143. The molecule has 1 aromatic rings. The summed E-state index contributed by atoms with van der Waals surface area (Å²) in [6.45, 7) is 3.69. The molecule has 1 atom stereocenters. The van der Waals surface area contributed by atoms with Crippen molar-refractivity contribution in [2.45, 2.75) is 19.4 Å². The minimum Gasteiger partial charge on any atom is -0.384 e. The van der Waals surface area contributed by atoms with E-state index in [0.717, 1.165) is 37.8 Å². The van der Waals surface area contributed by atoms with Crippen molar-refractivity contribution in [1.82, 2.24) is 15.3 Å². The first-order valence-corrected chi connectivity index (χ1v) is 6.53. The van der Waals surface area contributed by atoms with Gasteiger partial charge < -0.3 is 15.0 Å². The van der Waals surface area contributed by atoms with Gasteiger partial charge in [-0.25, -0.2) is 4.98 Å². The van der Waals surface area contributed by atoms with Gasteiger partial charge in [-0.3, -0.25) is 4.98 Å². The summed E-state index contributed by atoms with van der Waals surface area (Å²) in [7, 11) is 3.68. The number of piperidine rings is 1. The highest BCUT2D eigenvalue weighted by Gasteiger charge is 2.20. The molecule has 0 saturated carbocycles. The van der Waals surface area contributed by atoms with Crippen LogP contribution in [0.15, 0.2) is 12.4 Å². The molecule has 18 heavy (non-hydrogen) atoms. The molecule has 0 spiro atoms. The maximum Gasteiger partial charge on any atom is 0.147 e. The Morgan fingerprint density at radius 2 is 2.33 bits per heavy atom. The van der Waals surface area contributed by atoms with E-state index in [1.807, 2.05) is 19.4 Å². The zero-order valence-electron chi connectivity index (χ0n) is 11.2. The van der Waals surface area contributed by atoms with Gasteiger partial charge in [-0.15, -0.1) is 0 Å². The minimum absolute atomic E-state index is 0.613. The van der Waals surface area contributed by atoms with Crippen LogP contribution in [0, 0.1) is 5.92 Å². The summed E-state index contributed by atoms with van der Waals surface area (Å²) < 4.78 is 5.25. The standard InChI is InChI=1S/C13H22N4O/c1-14-6-12-7-16-13(8-15-12)17-5-3-4-11(9-17)10-18-2/h7-8,11,14H,3-6,9-10H2,1-2H3. The Morgan fingerprint density at radius 3 is 3.00 bits per heavy atom. The van der Waals surface area contributed by atoms with Crippen LogP contribution in [0.25, 0.3) is 0 Å². The number of ether oxygens (including phenoxy) is 1. The molecule has 2 rings (SSSR count).